The summed E-state index contributed by atoms with van der Waals surface area (Å²) in [7, 11) is 0. The molecule has 2 aromatic heterocycles. The average Bonchev–Trinajstić information content (AvgIpc) is 3.11. The molecule has 1 saturated carbocycles. The van der Waals surface area contributed by atoms with Crippen molar-refractivity contribution in [1.29, 1.82) is 0 Å². The number of amides is 1. The zero-order chi connectivity index (χ0) is 18.6. The summed E-state index contributed by atoms with van der Waals surface area (Å²) in [4.78, 5) is 17.0. The molecule has 3 N–H and O–H groups in total. The fraction of sp³-hybridized carbons (Fsp3) is 0.333. The lowest BCUT2D eigenvalue weighted by molar-refractivity contribution is 0.0925. The Morgan fingerprint density at radius 2 is 1.93 bits per heavy atom. The second kappa shape index (κ2) is 10.5. The minimum Gasteiger partial charge on any atom is -0.487 e. The lowest BCUT2D eigenvalue weighted by Gasteiger charge is -2.26. The molecule has 0 atom stereocenters. The van der Waals surface area contributed by atoms with Crippen LogP contribution in [0.15, 0.2) is 54.9 Å². The zero-order valence-corrected chi connectivity index (χ0v) is 17.6. The van der Waals surface area contributed by atoms with Gasteiger partial charge in [-0.15, -0.1) is 24.8 Å². The highest BCUT2D eigenvalue weighted by molar-refractivity contribution is 5.94. The minimum absolute atomic E-state index is 0. The standard InChI is InChI=1S/C21H24N4O2.2ClH/c22-16-7-9-17(10-8-16)24-21(26)15-4-3-5-19(12-15)27-14-18-13-25-11-2-1-6-20(25)23-18;;/h1-6,11-13,16-17H,7-10,14,22H2,(H,24,26);2*1H. The summed E-state index contributed by atoms with van der Waals surface area (Å²) < 4.78 is 7.80. The maximum absolute atomic E-state index is 12.5. The molecule has 0 bridgehead atoms. The number of nitrogens with zero attached hydrogens (tertiary/aromatic N) is 2. The number of rotatable bonds is 5. The van der Waals surface area contributed by atoms with Crippen LogP contribution in [0.25, 0.3) is 5.65 Å². The second-order valence-electron chi connectivity index (χ2n) is 7.10. The van der Waals surface area contributed by atoms with E-state index in [1.807, 2.05) is 53.2 Å². The Bertz CT molecular complexity index is 906. The molecular formula is C21H26Cl2N4O2. The van der Waals surface area contributed by atoms with Crippen LogP contribution in [0.4, 0.5) is 0 Å². The van der Waals surface area contributed by atoms with Crippen LogP contribution < -0.4 is 15.8 Å². The van der Waals surface area contributed by atoms with Gasteiger partial charge in [0.25, 0.3) is 5.91 Å². The molecule has 8 heteroatoms. The van der Waals surface area contributed by atoms with Crippen molar-refractivity contribution in [3.8, 4) is 5.75 Å². The first kappa shape index (κ1) is 23.0. The predicted molar refractivity (Wildman–Crippen MR) is 118 cm³/mol. The lowest BCUT2D eigenvalue weighted by atomic mass is 9.91. The Kier molecular flexibility index (Phi) is 8.32. The topological polar surface area (TPSA) is 81.6 Å². The van der Waals surface area contributed by atoms with Gasteiger partial charge in [0.1, 0.15) is 18.0 Å². The molecule has 1 aliphatic rings. The van der Waals surface area contributed by atoms with Gasteiger partial charge in [-0.05, 0) is 56.0 Å². The molecule has 1 aliphatic carbocycles. The van der Waals surface area contributed by atoms with Gasteiger partial charge in [-0.3, -0.25) is 4.79 Å². The minimum atomic E-state index is -0.0614. The number of nitrogens with one attached hydrogen (secondary N) is 1. The molecule has 6 nitrogen and oxygen atoms in total. The number of benzene rings is 1. The van der Waals surface area contributed by atoms with Crippen LogP contribution in [0.1, 0.15) is 41.7 Å². The lowest BCUT2D eigenvalue weighted by Crippen LogP contribution is -2.40. The molecule has 29 heavy (non-hydrogen) atoms. The molecule has 0 saturated heterocycles. The number of fused-ring (bicyclic) bond motifs is 1. The van der Waals surface area contributed by atoms with Gasteiger partial charge in [-0.1, -0.05) is 12.1 Å². The molecule has 2 heterocycles. The van der Waals surface area contributed by atoms with Crippen LogP contribution in [0.3, 0.4) is 0 Å². The van der Waals surface area contributed by atoms with Gasteiger partial charge >= 0.3 is 0 Å². The van der Waals surface area contributed by atoms with Crippen LogP contribution >= 0.6 is 24.8 Å². The van der Waals surface area contributed by atoms with E-state index in [4.69, 9.17) is 10.5 Å². The van der Waals surface area contributed by atoms with Crippen molar-refractivity contribution in [2.75, 3.05) is 0 Å². The third-order valence-corrected chi connectivity index (χ3v) is 5.00. The third kappa shape index (κ3) is 5.85. The molecule has 4 rings (SSSR count). The van der Waals surface area contributed by atoms with Crippen molar-refractivity contribution in [3.05, 3.63) is 66.1 Å². The van der Waals surface area contributed by atoms with E-state index < -0.39 is 0 Å². The Balaban J connectivity index is 0.00000150. The van der Waals surface area contributed by atoms with Gasteiger partial charge < -0.3 is 20.2 Å². The second-order valence-corrected chi connectivity index (χ2v) is 7.10. The van der Waals surface area contributed by atoms with Crippen LogP contribution in [-0.2, 0) is 6.61 Å². The zero-order valence-electron chi connectivity index (χ0n) is 16.0. The summed E-state index contributed by atoms with van der Waals surface area (Å²) in [5.41, 5.74) is 8.27. The van der Waals surface area contributed by atoms with Crippen LogP contribution in [0.5, 0.6) is 5.75 Å². The van der Waals surface area contributed by atoms with E-state index >= 15 is 0 Å². The maximum atomic E-state index is 12.5. The molecule has 0 spiro atoms. The van der Waals surface area contributed by atoms with Crippen molar-refractivity contribution < 1.29 is 9.53 Å². The summed E-state index contributed by atoms with van der Waals surface area (Å²) in [5, 5.41) is 3.11. The van der Waals surface area contributed by atoms with E-state index in [0.29, 0.717) is 17.9 Å². The normalized spacial score (nSPS) is 18.4. The van der Waals surface area contributed by atoms with E-state index in [-0.39, 0.29) is 42.8 Å². The van der Waals surface area contributed by atoms with Crippen molar-refractivity contribution >= 4 is 36.4 Å². The fourth-order valence-corrected chi connectivity index (χ4v) is 3.47. The van der Waals surface area contributed by atoms with Gasteiger partial charge in [0.15, 0.2) is 0 Å². The molecule has 3 aromatic rings. The monoisotopic (exact) mass is 436 g/mol. The van der Waals surface area contributed by atoms with Crippen molar-refractivity contribution in [1.82, 2.24) is 14.7 Å². The van der Waals surface area contributed by atoms with Gasteiger partial charge in [0.2, 0.25) is 0 Å². The molecule has 1 amide bonds. The maximum Gasteiger partial charge on any atom is 0.251 e. The van der Waals surface area contributed by atoms with Gasteiger partial charge in [-0.25, -0.2) is 4.98 Å². The highest BCUT2D eigenvalue weighted by atomic mass is 35.5. The van der Waals surface area contributed by atoms with Gasteiger partial charge in [0.05, 0.1) is 5.69 Å². The molecule has 1 fully saturated rings. The molecule has 1 aromatic carbocycles. The quantitative estimate of drug-likeness (QED) is 0.637. The van der Waals surface area contributed by atoms with E-state index in [9.17, 15) is 4.79 Å². The summed E-state index contributed by atoms with van der Waals surface area (Å²) in [6.07, 6.45) is 7.71. The van der Waals surface area contributed by atoms with E-state index in [2.05, 4.69) is 10.3 Å². The largest absolute Gasteiger partial charge is 0.487 e. The Morgan fingerprint density at radius 3 is 2.69 bits per heavy atom. The third-order valence-electron chi connectivity index (χ3n) is 5.00. The Labute approximate surface area is 182 Å². The molecule has 156 valence electrons. The van der Waals surface area contributed by atoms with E-state index in [1.165, 1.54) is 0 Å². The molecule has 0 radical (unpaired) electrons. The highest BCUT2D eigenvalue weighted by Crippen LogP contribution is 2.19. The fourth-order valence-electron chi connectivity index (χ4n) is 3.47. The first-order chi connectivity index (χ1) is 13.2. The number of aromatic nitrogens is 2. The number of pyridine rings is 1. The molecular weight excluding hydrogens is 411 g/mol. The van der Waals surface area contributed by atoms with Crippen LogP contribution in [0, 0.1) is 0 Å². The number of ether oxygens (including phenoxy) is 1. The average molecular weight is 437 g/mol. The molecule has 0 aliphatic heterocycles. The number of nitrogens with two attached hydrogens (primary N) is 1. The summed E-state index contributed by atoms with van der Waals surface area (Å²) in [6, 6.07) is 13.6. The highest BCUT2D eigenvalue weighted by Gasteiger charge is 2.20. The molecule has 0 unspecified atom stereocenters. The SMILES string of the molecule is Cl.Cl.NC1CCC(NC(=O)c2cccc(OCc3cn4ccccc4n3)c2)CC1. The summed E-state index contributed by atoms with van der Waals surface area (Å²) >= 11 is 0. The van der Waals surface area contributed by atoms with Crippen LogP contribution in [0.2, 0.25) is 0 Å². The number of hydrogen-bond acceptors (Lipinski definition) is 4. The van der Waals surface area contributed by atoms with Crippen LogP contribution in [-0.4, -0.2) is 27.4 Å². The number of imidazole rings is 1. The number of carbonyl (C=O) groups is 1. The van der Waals surface area contributed by atoms with Crippen molar-refractivity contribution in [2.24, 2.45) is 5.73 Å². The van der Waals surface area contributed by atoms with E-state index in [0.717, 1.165) is 37.0 Å². The first-order valence-electron chi connectivity index (χ1n) is 9.39. The number of halogens is 2. The predicted octanol–water partition coefficient (Wildman–Crippen LogP) is 3.76. The first-order valence-corrected chi connectivity index (χ1v) is 9.39. The van der Waals surface area contributed by atoms with Crippen molar-refractivity contribution in [3.63, 3.8) is 0 Å². The summed E-state index contributed by atoms with van der Waals surface area (Å²) in [6.45, 7) is 0.354. The van der Waals surface area contributed by atoms with Crippen molar-refractivity contribution in [2.45, 2.75) is 44.4 Å². The smallest absolute Gasteiger partial charge is 0.251 e. The number of hydrogen-bond donors (Lipinski definition) is 2. The van der Waals surface area contributed by atoms with Gasteiger partial charge in [0, 0.05) is 30.0 Å². The van der Waals surface area contributed by atoms with Gasteiger partial charge in [-0.2, -0.15) is 0 Å². The Morgan fingerprint density at radius 1 is 1.14 bits per heavy atom. The summed E-state index contributed by atoms with van der Waals surface area (Å²) in [5.74, 6) is 0.596. The Hall–Kier alpha value is -2.28. The number of carbonyl (C=O) groups excluding carboxylic acids is 1. The van der Waals surface area contributed by atoms with E-state index in [1.54, 1.807) is 6.07 Å².